The Labute approximate surface area is 222 Å². The fourth-order valence-electron chi connectivity index (χ4n) is 4.58. The molecule has 4 aromatic carbocycles. The first kappa shape index (κ1) is 25.2. The average molecular weight is 503 g/mol. The molecule has 0 aliphatic heterocycles. The molecule has 1 unspecified atom stereocenters. The highest BCUT2D eigenvalue weighted by Gasteiger charge is 2.28. The van der Waals surface area contributed by atoms with Crippen LogP contribution in [0.25, 0.3) is 11.5 Å². The van der Waals surface area contributed by atoms with E-state index in [2.05, 4.69) is 4.98 Å². The van der Waals surface area contributed by atoms with Crippen molar-refractivity contribution in [2.45, 2.75) is 25.3 Å². The van der Waals surface area contributed by atoms with E-state index in [0.29, 0.717) is 30.2 Å². The largest absolute Gasteiger partial charge is 0.493 e. The highest BCUT2D eigenvalue weighted by Crippen LogP contribution is 2.31. The molecule has 5 rings (SSSR count). The van der Waals surface area contributed by atoms with Gasteiger partial charge in [0.1, 0.15) is 11.5 Å². The van der Waals surface area contributed by atoms with E-state index in [9.17, 15) is 4.79 Å². The van der Waals surface area contributed by atoms with Crippen molar-refractivity contribution in [2.75, 3.05) is 6.61 Å². The Kier molecular flexibility index (Phi) is 7.76. The van der Waals surface area contributed by atoms with E-state index < -0.39 is 12.0 Å². The van der Waals surface area contributed by atoms with Crippen LogP contribution in [0.1, 0.15) is 40.1 Å². The van der Waals surface area contributed by atoms with E-state index in [-0.39, 0.29) is 5.78 Å². The SMILES string of the molecule is Cc1oc(-c2ccccc2)nc1CCOc1cccc(C(N)C(=O)C(c2ccccc2)c2ccccc2)c1. The summed E-state index contributed by atoms with van der Waals surface area (Å²) in [6.45, 7) is 2.33. The molecular formula is C33H30N2O3. The molecule has 1 heterocycles. The third-order valence-electron chi connectivity index (χ3n) is 6.60. The summed E-state index contributed by atoms with van der Waals surface area (Å²) in [6.07, 6.45) is 0.599. The van der Waals surface area contributed by atoms with Crippen LogP contribution >= 0.6 is 0 Å². The summed E-state index contributed by atoms with van der Waals surface area (Å²) in [5.41, 5.74) is 10.9. The first-order valence-electron chi connectivity index (χ1n) is 12.7. The lowest BCUT2D eigenvalue weighted by molar-refractivity contribution is -0.121. The summed E-state index contributed by atoms with van der Waals surface area (Å²) in [5, 5.41) is 0. The first-order valence-corrected chi connectivity index (χ1v) is 12.7. The first-order chi connectivity index (χ1) is 18.6. The molecule has 1 aromatic heterocycles. The second-order valence-corrected chi connectivity index (χ2v) is 9.19. The number of aryl methyl sites for hydroxylation is 1. The number of benzene rings is 4. The molecule has 2 N–H and O–H groups in total. The Bertz CT molecular complexity index is 1440. The average Bonchev–Trinajstić information content (AvgIpc) is 3.34. The van der Waals surface area contributed by atoms with E-state index in [0.717, 1.165) is 28.1 Å². The number of Topliss-reactive ketones (excluding diaryl/α,β-unsaturated/α-hetero) is 1. The molecule has 0 radical (unpaired) electrons. The highest BCUT2D eigenvalue weighted by molar-refractivity contribution is 5.94. The Morgan fingerprint density at radius 2 is 1.39 bits per heavy atom. The fourth-order valence-corrected chi connectivity index (χ4v) is 4.58. The number of nitrogens with two attached hydrogens (primary N) is 1. The molecular weight excluding hydrogens is 472 g/mol. The minimum atomic E-state index is -0.796. The minimum Gasteiger partial charge on any atom is -0.493 e. The summed E-state index contributed by atoms with van der Waals surface area (Å²) in [4.78, 5) is 18.4. The van der Waals surface area contributed by atoms with Crippen molar-refractivity contribution in [3.05, 3.63) is 143 Å². The van der Waals surface area contributed by atoms with E-state index in [1.54, 1.807) is 0 Å². The number of hydrogen-bond acceptors (Lipinski definition) is 5. The Balaban J connectivity index is 1.28. The molecule has 0 saturated heterocycles. The summed E-state index contributed by atoms with van der Waals surface area (Å²) >= 11 is 0. The molecule has 0 bridgehead atoms. The molecule has 0 aliphatic carbocycles. The van der Waals surface area contributed by atoms with Gasteiger partial charge in [-0.2, -0.15) is 0 Å². The van der Waals surface area contributed by atoms with E-state index in [4.69, 9.17) is 14.9 Å². The van der Waals surface area contributed by atoms with Gasteiger partial charge in [0.15, 0.2) is 5.78 Å². The molecule has 5 aromatic rings. The quantitative estimate of drug-likeness (QED) is 0.231. The minimum absolute atomic E-state index is 0.0637. The van der Waals surface area contributed by atoms with Crippen LogP contribution in [0.15, 0.2) is 120 Å². The number of ketones is 1. The zero-order valence-corrected chi connectivity index (χ0v) is 21.3. The second-order valence-electron chi connectivity index (χ2n) is 9.19. The van der Waals surface area contributed by atoms with Gasteiger partial charge in [0, 0.05) is 12.0 Å². The molecule has 0 spiro atoms. The summed E-state index contributed by atoms with van der Waals surface area (Å²) in [6, 6.07) is 36.0. The van der Waals surface area contributed by atoms with Gasteiger partial charge in [-0.1, -0.05) is 91.0 Å². The Morgan fingerprint density at radius 3 is 2.03 bits per heavy atom. The number of carbonyl (C=O) groups is 1. The molecule has 190 valence electrons. The van der Waals surface area contributed by atoms with Gasteiger partial charge in [-0.25, -0.2) is 4.98 Å². The van der Waals surface area contributed by atoms with Gasteiger partial charge in [-0.15, -0.1) is 0 Å². The van der Waals surface area contributed by atoms with Crippen molar-refractivity contribution in [1.82, 2.24) is 4.98 Å². The van der Waals surface area contributed by atoms with Crippen molar-refractivity contribution in [1.29, 1.82) is 0 Å². The monoisotopic (exact) mass is 502 g/mol. The third-order valence-corrected chi connectivity index (χ3v) is 6.60. The van der Waals surface area contributed by atoms with Crippen molar-refractivity contribution in [2.24, 2.45) is 5.73 Å². The van der Waals surface area contributed by atoms with Crippen molar-refractivity contribution in [3.8, 4) is 17.2 Å². The summed E-state index contributed by atoms with van der Waals surface area (Å²) < 4.78 is 11.9. The molecule has 5 heteroatoms. The van der Waals surface area contributed by atoms with Crippen LogP contribution in [-0.2, 0) is 11.2 Å². The fraction of sp³-hybridized carbons (Fsp3) is 0.152. The van der Waals surface area contributed by atoms with Gasteiger partial charge in [0.05, 0.1) is 24.3 Å². The Morgan fingerprint density at radius 1 is 0.816 bits per heavy atom. The standard InChI is InChI=1S/C33H30N2O3/c1-23-29(35-33(38-23)26-16-9-4-10-17-26)20-21-37-28-19-11-18-27(22-28)31(34)32(36)30(24-12-5-2-6-13-24)25-14-7-3-8-15-25/h2-19,22,30-31H,20-21,34H2,1H3. The molecule has 38 heavy (non-hydrogen) atoms. The Hall–Kier alpha value is -4.48. The normalized spacial score (nSPS) is 11.9. The predicted molar refractivity (Wildman–Crippen MR) is 149 cm³/mol. The number of hydrogen-bond donors (Lipinski definition) is 1. The summed E-state index contributed by atoms with van der Waals surface area (Å²) in [5.74, 6) is 1.53. The van der Waals surface area contributed by atoms with Crippen LogP contribution in [0.4, 0.5) is 0 Å². The van der Waals surface area contributed by atoms with Gasteiger partial charge in [-0.3, -0.25) is 4.79 Å². The number of oxazole rings is 1. The predicted octanol–water partition coefficient (Wildman–Crippen LogP) is 6.67. The van der Waals surface area contributed by atoms with Crippen molar-refractivity contribution in [3.63, 3.8) is 0 Å². The molecule has 0 amide bonds. The molecule has 1 atom stereocenters. The maximum Gasteiger partial charge on any atom is 0.226 e. The topological polar surface area (TPSA) is 78.3 Å². The number of carbonyl (C=O) groups excluding carboxylic acids is 1. The lowest BCUT2D eigenvalue weighted by Crippen LogP contribution is -2.27. The van der Waals surface area contributed by atoms with Crippen LogP contribution in [0.5, 0.6) is 5.75 Å². The van der Waals surface area contributed by atoms with Crippen LogP contribution in [-0.4, -0.2) is 17.4 Å². The van der Waals surface area contributed by atoms with Crippen molar-refractivity contribution >= 4 is 5.78 Å². The number of nitrogens with zero attached hydrogens (tertiary/aromatic N) is 1. The number of ether oxygens (including phenoxy) is 1. The second kappa shape index (κ2) is 11.7. The highest BCUT2D eigenvalue weighted by atomic mass is 16.5. The van der Waals surface area contributed by atoms with Crippen LogP contribution in [0.2, 0.25) is 0 Å². The van der Waals surface area contributed by atoms with Crippen LogP contribution < -0.4 is 10.5 Å². The maximum atomic E-state index is 13.7. The summed E-state index contributed by atoms with van der Waals surface area (Å²) in [7, 11) is 0. The van der Waals surface area contributed by atoms with Gasteiger partial charge in [0.2, 0.25) is 5.89 Å². The van der Waals surface area contributed by atoms with Gasteiger partial charge in [0.25, 0.3) is 0 Å². The van der Waals surface area contributed by atoms with Crippen LogP contribution in [0.3, 0.4) is 0 Å². The van der Waals surface area contributed by atoms with E-state index in [1.165, 1.54) is 0 Å². The van der Waals surface area contributed by atoms with Crippen LogP contribution in [0, 0.1) is 6.92 Å². The van der Waals surface area contributed by atoms with E-state index >= 15 is 0 Å². The number of aromatic nitrogens is 1. The van der Waals surface area contributed by atoms with Gasteiger partial charge < -0.3 is 14.9 Å². The lowest BCUT2D eigenvalue weighted by Gasteiger charge is -2.21. The van der Waals surface area contributed by atoms with Gasteiger partial charge >= 0.3 is 0 Å². The number of rotatable bonds is 10. The molecule has 5 nitrogen and oxygen atoms in total. The lowest BCUT2D eigenvalue weighted by atomic mass is 9.83. The van der Waals surface area contributed by atoms with Crippen molar-refractivity contribution < 1.29 is 13.9 Å². The zero-order chi connectivity index (χ0) is 26.3. The smallest absolute Gasteiger partial charge is 0.226 e. The molecule has 0 fully saturated rings. The third kappa shape index (κ3) is 5.74. The molecule has 0 saturated carbocycles. The zero-order valence-electron chi connectivity index (χ0n) is 21.3. The molecule has 0 aliphatic rings. The maximum absolute atomic E-state index is 13.7. The van der Waals surface area contributed by atoms with Gasteiger partial charge in [-0.05, 0) is 47.9 Å². The van der Waals surface area contributed by atoms with E-state index in [1.807, 2.05) is 122 Å².